The smallest absolute Gasteiger partial charge is 0.135 e. The maximum atomic E-state index is 13.8. The summed E-state index contributed by atoms with van der Waals surface area (Å²) in [5, 5.41) is 6.60. The molecule has 2 aromatic rings. The van der Waals surface area contributed by atoms with Crippen LogP contribution in [0.5, 0.6) is 0 Å². The molecular formula is C10H9ClFN3. The average Bonchev–Trinajstić information content (AvgIpc) is 2.60. The number of nitrogens with one attached hydrogen (secondary N) is 1. The summed E-state index contributed by atoms with van der Waals surface area (Å²) in [6.45, 7) is 1.67. The first kappa shape index (κ1) is 9.98. The number of nitrogen functional groups attached to an aromatic ring is 1. The molecule has 1 aromatic carbocycles. The second-order valence-corrected chi connectivity index (χ2v) is 3.66. The van der Waals surface area contributed by atoms with E-state index in [-0.39, 0.29) is 5.82 Å². The third-order valence-corrected chi connectivity index (χ3v) is 2.54. The number of benzene rings is 1. The molecule has 0 saturated carbocycles. The van der Waals surface area contributed by atoms with Crippen LogP contribution in [0, 0.1) is 12.7 Å². The van der Waals surface area contributed by atoms with Gasteiger partial charge in [0.05, 0.1) is 11.2 Å². The van der Waals surface area contributed by atoms with Crippen molar-refractivity contribution < 1.29 is 4.39 Å². The maximum Gasteiger partial charge on any atom is 0.135 e. The molecule has 0 saturated heterocycles. The summed E-state index contributed by atoms with van der Waals surface area (Å²) in [7, 11) is 0. The van der Waals surface area contributed by atoms with E-state index in [4.69, 9.17) is 17.3 Å². The summed E-state index contributed by atoms with van der Waals surface area (Å²) in [5.74, 6) is -0.0583. The van der Waals surface area contributed by atoms with Crippen molar-refractivity contribution in [3.05, 3.63) is 34.7 Å². The molecule has 3 N–H and O–H groups in total. The molecule has 1 heterocycles. The average molecular weight is 226 g/mol. The zero-order valence-electron chi connectivity index (χ0n) is 8.01. The largest absolute Gasteiger partial charge is 0.384 e. The number of hydrogen-bond acceptors (Lipinski definition) is 2. The standard InChI is InChI=1S/C10H9ClFN3/c1-5-2-3-7(11)8(9(5)12)6-4-14-15-10(6)13/h2-4H,1H3,(H3,13,14,15). The van der Waals surface area contributed by atoms with Crippen LogP contribution in [0.15, 0.2) is 18.3 Å². The Kier molecular flexibility index (Phi) is 2.36. The van der Waals surface area contributed by atoms with Crippen LogP contribution in [0.3, 0.4) is 0 Å². The number of rotatable bonds is 1. The van der Waals surface area contributed by atoms with Crippen molar-refractivity contribution in [3.8, 4) is 11.1 Å². The molecule has 0 atom stereocenters. The first-order valence-corrected chi connectivity index (χ1v) is 4.73. The van der Waals surface area contributed by atoms with E-state index < -0.39 is 0 Å². The predicted octanol–water partition coefficient (Wildman–Crippen LogP) is 2.76. The summed E-state index contributed by atoms with van der Waals surface area (Å²) in [4.78, 5) is 0. The van der Waals surface area contributed by atoms with Crippen molar-refractivity contribution in [3.63, 3.8) is 0 Å². The number of aromatic amines is 1. The normalized spacial score (nSPS) is 10.6. The lowest BCUT2D eigenvalue weighted by Gasteiger charge is -2.06. The van der Waals surface area contributed by atoms with Crippen LogP contribution in [-0.2, 0) is 0 Å². The molecule has 0 aliphatic heterocycles. The molecule has 15 heavy (non-hydrogen) atoms. The summed E-state index contributed by atoms with van der Waals surface area (Å²) in [6, 6.07) is 3.26. The molecule has 0 aliphatic carbocycles. The van der Waals surface area contributed by atoms with Gasteiger partial charge in [-0.15, -0.1) is 0 Å². The van der Waals surface area contributed by atoms with Crippen molar-refractivity contribution in [2.75, 3.05) is 5.73 Å². The summed E-state index contributed by atoms with van der Waals surface area (Å²) in [5.41, 5.74) is 6.92. The van der Waals surface area contributed by atoms with Crippen molar-refractivity contribution in [1.82, 2.24) is 10.2 Å². The third-order valence-electron chi connectivity index (χ3n) is 2.22. The summed E-state index contributed by atoms with van der Waals surface area (Å²) >= 11 is 5.93. The second-order valence-electron chi connectivity index (χ2n) is 3.25. The van der Waals surface area contributed by atoms with Gasteiger partial charge in [0, 0.05) is 11.1 Å². The van der Waals surface area contributed by atoms with Crippen LogP contribution >= 0.6 is 11.6 Å². The highest BCUT2D eigenvalue weighted by Crippen LogP contribution is 2.34. The van der Waals surface area contributed by atoms with E-state index in [1.54, 1.807) is 19.1 Å². The fraction of sp³-hybridized carbons (Fsp3) is 0.100. The fourth-order valence-electron chi connectivity index (χ4n) is 1.40. The van der Waals surface area contributed by atoms with Crippen molar-refractivity contribution >= 4 is 17.4 Å². The highest BCUT2D eigenvalue weighted by atomic mass is 35.5. The number of H-pyrrole nitrogens is 1. The van der Waals surface area contributed by atoms with Gasteiger partial charge >= 0.3 is 0 Å². The molecule has 0 aliphatic rings. The van der Waals surface area contributed by atoms with Crippen LogP contribution in [0.4, 0.5) is 10.2 Å². The molecule has 0 amide bonds. The number of nitrogens with two attached hydrogens (primary N) is 1. The van der Waals surface area contributed by atoms with E-state index in [0.717, 1.165) is 0 Å². The van der Waals surface area contributed by atoms with E-state index in [2.05, 4.69) is 10.2 Å². The minimum Gasteiger partial charge on any atom is -0.384 e. The topological polar surface area (TPSA) is 54.7 Å². The van der Waals surface area contributed by atoms with E-state index in [1.807, 2.05) is 0 Å². The lowest BCUT2D eigenvalue weighted by Crippen LogP contribution is -1.93. The van der Waals surface area contributed by atoms with Crippen LogP contribution in [0.2, 0.25) is 5.02 Å². The van der Waals surface area contributed by atoms with Crippen LogP contribution in [0.25, 0.3) is 11.1 Å². The van der Waals surface area contributed by atoms with Gasteiger partial charge in [-0.2, -0.15) is 5.10 Å². The van der Waals surface area contributed by atoms with Gasteiger partial charge in [0.15, 0.2) is 0 Å². The van der Waals surface area contributed by atoms with Gasteiger partial charge < -0.3 is 5.73 Å². The van der Waals surface area contributed by atoms with Gasteiger partial charge in [-0.05, 0) is 18.6 Å². The number of hydrogen-bond donors (Lipinski definition) is 2. The predicted molar refractivity (Wildman–Crippen MR) is 58.1 cm³/mol. The zero-order valence-corrected chi connectivity index (χ0v) is 8.77. The quantitative estimate of drug-likeness (QED) is 0.784. The molecule has 0 fully saturated rings. The van der Waals surface area contributed by atoms with Gasteiger partial charge in [0.1, 0.15) is 11.6 Å². The Morgan fingerprint density at radius 2 is 2.20 bits per heavy atom. The second kappa shape index (κ2) is 3.55. The first-order valence-electron chi connectivity index (χ1n) is 4.35. The van der Waals surface area contributed by atoms with Crippen LogP contribution in [0.1, 0.15) is 5.56 Å². The van der Waals surface area contributed by atoms with Crippen LogP contribution in [-0.4, -0.2) is 10.2 Å². The number of nitrogens with zero attached hydrogens (tertiary/aromatic N) is 1. The SMILES string of the molecule is Cc1ccc(Cl)c(-c2cn[nH]c2N)c1F. The Hall–Kier alpha value is -1.55. The molecular weight excluding hydrogens is 217 g/mol. The first-order chi connectivity index (χ1) is 7.11. The number of anilines is 1. The van der Waals surface area contributed by atoms with Crippen LogP contribution < -0.4 is 5.73 Å². The molecule has 0 bridgehead atoms. The summed E-state index contributed by atoms with van der Waals surface area (Å²) in [6.07, 6.45) is 1.46. The van der Waals surface area contributed by atoms with E-state index >= 15 is 0 Å². The van der Waals surface area contributed by atoms with Gasteiger partial charge in [-0.3, -0.25) is 5.10 Å². The van der Waals surface area contributed by atoms with Gasteiger partial charge in [-0.1, -0.05) is 17.7 Å². The molecule has 1 aromatic heterocycles. The molecule has 2 rings (SSSR count). The molecule has 3 nitrogen and oxygen atoms in total. The Balaban J connectivity index is 2.72. The minimum absolute atomic E-state index is 0.294. The van der Waals surface area contributed by atoms with Gasteiger partial charge in [0.25, 0.3) is 0 Å². The fourth-order valence-corrected chi connectivity index (χ4v) is 1.65. The Bertz CT molecular complexity index is 507. The Morgan fingerprint density at radius 3 is 2.80 bits per heavy atom. The minimum atomic E-state index is -0.365. The molecule has 78 valence electrons. The lowest BCUT2D eigenvalue weighted by molar-refractivity contribution is 0.622. The van der Waals surface area contributed by atoms with Gasteiger partial charge in [-0.25, -0.2) is 4.39 Å². The number of aromatic nitrogens is 2. The maximum absolute atomic E-state index is 13.8. The molecule has 0 spiro atoms. The monoisotopic (exact) mass is 225 g/mol. The zero-order chi connectivity index (χ0) is 11.0. The van der Waals surface area contributed by atoms with Crippen molar-refractivity contribution in [2.24, 2.45) is 0 Å². The van der Waals surface area contributed by atoms with E-state index in [1.165, 1.54) is 6.20 Å². The molecule has 0 radical (unpaired) electrons. The number of aryl methyl sites for hydroxylation is 1. The number of halogens is 2. The Labute approximate surface area is 91.1 Å². The highest BCUT2D eigenvalue weighted by molar-refractivity contribution is 6.33. The molecule has 5 heteroatoms. The van der Waals surface area contributed by atoms with E-state index in [0.29, 0.717) is 27.5 Å². The summed E-state index contributed by atoms with van der Waals surface area (Å²) < 4.78 is 13.8. The Morgan fingerprint density at radius 1 is 1.47 bits per heavy atom. The van der Waals surface area contributed by atoms with Crippen molar-refractivity contribution in [1.29, 1.82) is 0 Å². The van der Waals surface area contributed by atoms with Crippen molar-refractivity contribution in [2.45, 2.75) is 6.92 Å². The van der Waals surface area contributed by atoms with E-state index in [9.17, 15) is 4.39 Å². The highest BCUT2D eigenvalue weighted by Gasteiger charge is 2.15. The van der Waals surface area contributed by atoms with Gasteiger partial charge in [0.2, 0.25) is 0 Å². The lowest BCUT2D eigenvalue weighted by atomic mass is 10.0. The third kappa shape index (κ3) is 1.57. The molecule has 0 unspecified atom stereocenters.